The highest BCUT2D eigenvalue weighted by atomic mass is 32.1. The summed E-state index contributed by atoms with van der Waals surface area (Å²) in [5.74, 6) is 0.990. The van der Waals surface area contributed by atoms with Gasteiger partial charge in [0.1, 0.15) is 23.8 Å². The van der Waals surface area contributed by atoms with Crippen LogP contribution in [0.4, 0.5) is 5.82 Å². The summed E-state index contributed by atoms with van der Waals surface area (Å²) >= 11 is 1.65. The summed E-state index contributed by atoms with van der Waals surface area (Å²) in [6.07, 6.45) is 2.92. The van der Waals surface area contributed by atoms with E-state index in [1.54, 1.807) is 11.3 Å². The Labute approximate surface area is 110 Å². The second-order valence-corrected chi connectivity index (χ2v) is 4.97. The lowest BCUT2D eigenvalue weighted by Crippen LogP contribution is -2.04. The van der Waals surface area contributed by atoms with Gasteiger partial charge in [0.15, 0.2) is 0 Å². The highest BCUT2D eigenvalue weighted by Gasteiger charge is 2.07. The van der Waals surface area contributed by atoms with E-state index >= 15 is 0 Å². The van der Waals surface area contributed by atoms with Crippen molar-refractivity contribution in [3.05, 3.63) is 34.2 Å². The van der Waals surface area contributed by atoms with Gasteiger partial charge in [0.25, 0.3) is 0 Å². The van der Waals surface area contributed by atoms with Crippen LogP contribution in [0.2, 0.25) is 0 Å². The van der Waals surface area contributed by atoms with Gasteiger partial charge in [0.05, 0.1) is 23.4 Å². The van der Waals surface area contributed by atoms with Gasteiger partial charge in [-0.2, -0.15) is 5.26 Å². The summed E-state index contributed by atoms with van der Waals surface area (Å²) in [4.78, 5) is 12.4. The molecule has 0 bridgehead atoms. The molecule has 0 unspecified atom stereocenters. The molecular formula is C12H13N5S. The van der Waals surface area contributed by atoms with Crippen LogP contribution in [0.5, 0.6) is 0 Å². The van der Waals surface area contributed by atoms with E-state index in [0.717, 1.165) is 10.7 Å². The van der Waals surface area contributed by atoms with Crippen LogP contribution in [0.3, 0.4) is 0 Å². The molecule has 0 amide bonds. The van der Waals surface area contributed by atoms with Crippen molar-refractivity contribution in [1.29, 1.82) is 5.26 Å². The van der Waals surface area contributed by atoms with Crippen molar-refractivity contribution in [2.75, 3.05) is 5.32 Å². The Balaban J connectivity index is 2.05. The molecule has 2 heterocycles. The van der Waals surface area contributed by atoms with E-state index in [0.29, 0.717) is 23.8 Å². The van der Waals surface area contributed by atoms with Gasteiger partial charge in [-0.25, -0.2) is 15.0 Å². The molecule has 0 aliphatic rings. The van der Waals surface area contributed by atoms with E-state index in [1.165, 1.54) is 12.5 Å². The summed E-state index contributed by atoms with van der Waals surface area (Å²) in [6, 6.07) is 2.05. The van der Waals surface area contributed by atoms with Gasteiger partial charge < -0.3 is 5.32 Å². The van der Waals surface area contributed by atoms with E-state index < -0.39 is 0 Å². The van der Waals surface area contributed by atoms with Gasteiger partial charge in [-0.3, -0.25) is 0 Å². The molecule has 0 aromatic carbocycles. The SMILES string of the molecule is CC(C)c1nc(CNc2ncncc2C#N)cs1. The first-order valence-electron chi connectivity index (χ1n) is 5.59. The van der Waals surface area contributed by atoms with Crippen molar-refractivity contribution in [3.63, 3.8) is 0 Å². The molecule has 0 fully saturated rings. The number of hydrogen-bond donors (Lipinski definition) is 1. The van der Waals surface area contributed by atoms with E-state index in [4.69, 9.17) is 5.26 Å². The van der Waals surface area contributed by atoms with Crippen LogP contribution in [-0.4, -0.2) is 15.0 Å². The van der Waals surface area contributed by atoms with Crippen molar-refractivity contribution >= 4 is 17.2 Å². The molecule has 6 heteroatoms. The standard InChI is InChI=1S/C12H13N5S/c1-8(2)12-17-10(6-18-12)5-15-11-9(3-13)4-14-7-16-11/h4,6-8H,5H2,1-2H3,(H,14,15,16). The smallest absolute Gasteiger partial charge is 0.147 e. The van der Waals surface area contributed by atoms with Crippen molar-refractivity contribution in [1.82, 2.24) is 15.0 Å². The minimum Gasteiger partial charge on any atom is -0.363 e. The van der Waals surface area contributed by atoms with E-state index in [9.17, 15) is 0 Å². The van der Waals surface area contributed by atoms with Gasteiger partial charge in [-0.15, -0.1) is 11.3 Å². The molecule has 5 nitrogen and oxygen atoms in total. The molecule has 92 valence electrons. The quantitative estimate of drug-likeness (QED) is 0.913. The van der Waals surface area contributed by atoms with Crippen LogP contribution < -0.4 is 5.32 Å². The van der Waals surface area contributed by atoms with Crippen molar-refractivity contribution in [2.24, 2.45) is 0 Å². The molecule has 0 spiro atoms. The predicted octanol–water partition coefficient (Wildman–Crippen LogP) is 2.54. The van der Waals surface area contributed by atoms with Gasteiger partial charge in [0.2, 0.25) is 0 Å². The molecule has 0 saturated carbocycles. The maximum atomic E-state index is 8.91. The van der Waals surface area contributed by atoms with Crippen molar-refractivity contribution in [2.45, 2.75) is 26.3 Å². The van der Waals surface area contributed by atoms with Crippen molar-refractivity contribution < 1.29 is 0 Å². The maximum Gasteiger partial charge on any atom is 0.147 e. The minimum absolute atomic E-state index is 0.441. The largest absolute Gasteiger partial charge is 0.363 e. The summed E-state index contributed by atoms with van der Waals surface area (Å²) < 4.78 is 0. The molecule has 0 aliphatic heterocycles. The molecule has 18 heavy (non-hydrogen) atoms. The number of anilines is 1. The van der Waals surface area contributed by atoms with E-state index in [1.807, 2.05) is 11.4 Å². The molecule has 0 radical (unpaired) electrons. The van der Waals surface area contributed by atoms with Crippen LogP contribution in [0.1, 0.15) is 36.0 Å². The average Bonchev–Trinajstić information content (AvgIpc) is 2.85. The van der Waals surface area contributed by atoms with Gasteiger partial charge in [-0.1, -0.05) is 13.8 Å². The normalized spacial score (nSPS) is 10.3. The minimum atomic E-state index is 0.441. The zero-order chi connectivity index (χ0) is 13.0. The van der Waals surface area contributed by atoms with Crippen LogP contribution in [0, 0.1) is 11.3 Å². The molecule has 2 aromatic heterocycles. The highest BCUT2D eigenvalue weighted by Crippen LogP contribution is 2.19. The fourth-order valence-corrected chi connectivity index (χ4v) is 2.23. The zero-order valence-corrected chi connectivity index (χ0v) is 11.0. The molecule has 0 aliphatic carbocycles. The Hall–Kier alpha value is -2.00. The third kappa shape index (κ3) is 2.81. The number of nitriles is 1. The molecule has 0 atom stereocenters. The number of hydrogen-bond acceptors (Lipinski definition) is 6. The van der Waals surface area contributed by atoms with Gasteiger partial charge in [0, 0.05) is 11.3 Å². The molecule has 2 rings (SSSR count). The molecular weight excluding hydrogens is 246 g/mol. The molecule has 2 aromatic rings. The van der Waals surface area contributed by atoms with Crippen molar-refractivity contribution in [3.8, 4) is 6.07 Å². The Bertz CT molecular complexity index is 570. The second kappa shape index (κ2) is 5.56. The van der Waals surface area contributed by atoms with E-state index in [2.05, 4.69) is 34.1 Å². The molecule has 1 N–H and O–H groups in total. The number of aromatic nitrogens is 3. The monoisotopic (exact) mass is 259 g/mol. The third-order valence-electron chi connectivity index (χ3n) is 2.33. The average molecular weight is 259 g/mol. The fraction of sp³-hybridized carbons (Fsp3) is 0.333. The second-order valence-electron chi connectivity index (χ2n) is 4.08. The summed E-state index contributed by atoms with van der Waals surface area (Å²) in [6.45, 7) is 4.80. The third-order valence-corrected chi connectivity index (χ3v) is 3.53. The Morgan fingerprint density at radius 3 is 3.00 bits per heavy atom. The zero-order valence-electron chi connectivity index (χ0n) is 10.2. The van der Waals surface area contributed by atoms with Gasteiger partial charge in [-0.05, 0) is 0 Å². The van der Waals surface area contributed by atoms with Crippen LogP contribution in [0.25, 0.3) is 0 Å². The molecule has 0 saturated heterocycles. The number of nitrogens with zero attached hydrogens (tertiary/aromatic N) is 4. The van der Waals surface area contributed by atoms with Crippen LogP contribution in [0.15, 0.2) is 17.9 Å². The topological polar surface area (TPSA) is 74.5 Å². The Morgan fingerprint density at radius 2 is 2.33 bits per heavy atom. The first-order chi connectivity index (χ1) is 8.70. The predicted molar refractivity (Wildman–Crippen MR) is 70.3 cm³/mol. The highest BCUT2D eigenvalue weighted by molar-refractivity contribution is 7.09. The van der Waals surface area contributed by atoms with Gasteiger partial charge >= 0.3 is 0 Å². The Morgan fingerprint density at radius 1 is 1.50 bits per heavy atom. The van der Waals surface area contributed by atoms with E-state index in [-0.39, 0.29) is 0 Å². The maximum absolute atomic E-state index is 8.91. The summed E-state index contributed by atoms with van der Waals surface area (Å²) in [7, 11) is 0. The fourth-order valence-electron chi connectivity index (χ4n) is 1.40. The lowest BCUT2D eigenvalue weighted by Gasteiger charge is -2.04. The lowest BCUT2D eigenvalue weighted by atomic mass is 10.2. The van der Waals surface area contributed by atoms with Crippen LogP contribution in [-0.2, 0) is 6.54 Å². The number of rotatable bonds is 4. The first kappa shape index (κ1) is 12.5. The first-order valence-corrected chi connectivity index (χ1v) is 6.47. The Kier molecular flexibility index (Phi) is 3.85. The number of thiazole rings is 1. The summed E-state index contributed by atoms with van der Waals surface area (Å²) in [5.41, 5.74) is 1.41. The summed E-state index contributed by atoms with van der Waals surface area (Å²) in [5, 5.41) is 15.2. The number of nitrogens with one attached hydrogen (secondary N) is 1. The van der Waals surface area contributed by atoms with Crippen LogP contribution >= 0.6 is 11.3 Å². The lowest BCUT2D eigenvalue weighted by molar-refractivity contribution is 0.840.